The molecule has 0 spiro atoms. The van der Waals surface area contributed by atoms with Crippen molar-refractivity contribution in [3.05, 3.63) is 47.3 Å². The van der Waals surface area contributed by atoms with Gasteiger partial charge in [0.05, 0.1) is 13.2 Å². The molecule has 1 aromatic carbocycles. The zero-order valence-corrected chi connectivity index (χ0v) is 18.4. The van der Waals surface area contributed by atoms with Crippen LogP contribution in [0.5, 0.6) is 0 Å². The summed E-state index contributed by atoms with van der Waals surface area (Å²) >= 11 is 0. The molecule has 0 aromatic heterocycles. The van der Waals surface area contributed by atoms with Crippen LogP contribution in [0.15, 0.2) is 35.9 Å². The van der Waals surface area contributed by atoms with E-state index >= 15 is 0 Å². The number of hydrogen-bond acceptors (Lipinski definition) is 4. The van der Waals surface area contributed by atoms with Crippen molar-refractivity contribution in [2.24, 2.45) is 5.92 Å². The molecule has 0 bridgehead atoms. The van der Waals surface area contributed by atoms with E-state index < -0.39 is 11.6 Å². The van der Waals surface area contributed by atoms with Gasteiger partial charge in [-0.15, -0.1) is 0 Å². The summed E-state index contributed by atoms with van der Waals surface area (Å²) in [5, 5.41) is 2.96. The number of methoxy groups -OCH3 is 1. The van der Waals surface area contributed by atoms with Gasteiger partial charge in [0.15, 0.2) is 0 Å². The lowest BCUT2D eigenvalue weighted by Crippen LogP contribution is -2.58. The Morgan fingerprint density at radius 1 is 1.28 bits per heavy atom. The Bertz CT molecular complexity index is 926. The fourth-order valence-electron chi connectivity index (χ4n) is 5.18. The van der Waals surface area contributed by atoms with Gasteiger partial charge in [-0.25, -0.2) is 9.18 Å². The highest BCUT2D eigenvalue weighted by molar-refractivity contribution is 6.07. The SMILES string of the molecule is COCCN1C(=O)NC(Cc2cccc(F)c2)(C2CCN(C(=O)C3=CCCC3)CC2)C1=O. The maximum absolute atomic E-state index is 13.9. The standard InChI is InChI=1S/C24H30FN3O4/c1-32-14-13-28-22(30)24(26-23(28)31,16-17-5-4-8-20(25)15-17)19-9-11-27(12-10-19)21(29)18-6-2-3-7-18/h4-6,8,15,19H,2-3,7,9-14,16H2,1H3,(H,26,31). The number of ether oxygens (including phenoxy) is 1. The van der Waals surface area contributed by atoms with Crippen LogP contribution in [-0.2, 0) is 20.7 Å². The molecule has 32 heavy (non-hydrogen) atoms. The van der Waals surface area contributed by atoms with Gasteiger partial charge in [-0.2, -0.15) is 0 Å². The number of allylic oxidation sites excluding steroid dienone is 1. The molecule has 1 N–H and O–H groups in total. The van der Waals surface area contributed by atoms with Gasteiger partial charge in [0.25, 0.3) is 5.91 Å². The van der Waals surface area contributed by atoms with Crippen LogP contribution in [0.4, 0.5) is 9.18 Å². The third-order valence-electron chi connectivity index (χ3n) is 6.89. The van der Waals surface area contributed by atoms with Crippen molar-refractivity contribution in [2.45, 2.75) is 44.1 Å². The predicted octanol–water partition coefficient (Wildman–Crippen LogP) is 2.65. The molecule has 2 saturated heterocycles. The van der Waals surface area contributed by atoms with E-state index in [1.54, 1.807) is 12.1 Å². The Morgan fingerprint density at radius 2 is 2.06 bits per heavy atom. The summed E-state index contributed by atoms with van der Waals surface area (Å²) < 4.78 is 18.9. The van der Waals surface area contributed by atoms with E-state index in [-0.39, 0.29) is 43.1 Å². The van der Waals surface area contributed by atoms with Gasteiger partial charge in [0.1, 0.15) is 11.4 Å². The van der Waals surface area contributed by atoms with Crippen LogP contribution in [0, 0.1) is 11.7 Å². The Balaban J connectivity index is 1.55. The van der Waals surface area contributed by atoms with Crippen LogP contribution in [0.2, 0.25) is 0 Å². The van der Waals surface area contributed by atoms with E-state index in [1.807, 2.05) is 11.0 Å². The van der Waals surface area contributed by atoms with E-state index in [4.69, 9.17) is 4.74 Å². The average Bonchev–Trinajstić information content (AvgIpc) is 3.40. The van der Waals surface area contributed by atoms with Crippen molar-refractivity contribution in [3.63, 3.8) is 0 Å². The molecule has 1 unspecified atom stereocenters. The summed E-state index contributed by atoms with van der Waals surface area (Å²) in [4.78, 5) is 42.1. The Hall–Kier alpha value is -2.74. The largest absolute Gasteiger partial charge is 0.383 e. The molecule has 0 radical (unpaired) electrons. The highest BCUT2D eigenvalue weighted by Gasteiger charge is 2.56. The minimum absolute atomic E-state index is 0.0867. The van der Waals surface area contributed by atoms with Crippen molar-refractivity contribution in [1.29, 1.82) is 0 Å². The van der Waals surface area contributed by atoms with Gasteiger partial charge in [0.2, 0.25) is 5.91 Å². The van der Waals surface area contributed by atoms with E-state index in [0.29, 0.717) is 31.5 Å². The number of likely N-dealkylation sites (tertiary alicyclic amines) is 1. The minimum Gasteiger partial charge on any atom is -0.383 e. The smallest absolute Gasteiger partial charge is 0.325 e. The number of imide groups is 1. The number of nitrogens with one attached hydrogen (secondary N) is 1. The lowest BCUT2D eigenvalue weighted by molar-refractivity contribution is -0.135. The first-order valence-electron chi connectivity index (χ1n) is 11.3. The third kappa shape index (κ3) is 4.28. The van der Waals surface area contributed by atoms with Crippen molar-refractivity contribution >= 4 is 17.8 Å². The third-order valence-corrected chi connectivity index (χ3v) is 6.89. The molecule has 4 amide bonds. The lowest BCUT2D eigenvalue weighted by atomic mass is 9.73. The summed E-state index contributed by atoms with van der Waals surface area (Å²) in [6, 6.07) is 5.70. The first-order valence-corrected chi connectivity index (χ1v) is 11.3. The molecule has 2 aliphatic heterocycles. The summed E-state index contributed by atoms with van der Waals surface area (Å²) in [6.45, 7) is 1.48. The minimum atomic E-state index is -1.15. The number of hydrogen-bond donors (Lipinski definition) is 1. The van der Waals surface area contributed by atoms with Crippen LogP contribution >= 0.6 is 0 Å². The zero-order valence-electron chi connectivity index (χ0n) is 18.4. The van der Waals surface area contributed by atoms with E-state index in [9.17, 15) is 18.8 Å². The summed E-state index contributed by atoms with van der Waals surface area (Å²) in [6.07, 6.45) is 6.22. The molecule has 1 atom stereocenters. The van der Waals surface area contributed by atoms with Gasteiger partial charge < -0.3 is 15.0 Å². The Labute approximate surface area is 187 Å². The number of rotatable bonds is 7. The lowest BCUT2D eigenvalue weighted by Gasteiger charge is -2.41. The summed E-state index contributed by atoms with van der Waals surface area (Å²) in [7, 11) is 1.52. The maximum Gasteiger partial charge on any atom is 0.325 e. The fourth-order valence-corrected chi connectivity index (χ4v) is 5.18. The molecule has 172 valence electrons. The van der Waals surface area contributed by atoms with Crippen molar-refractivity contribution in [1.82, 2.24) is 15.1 Å². The molecule has 2 heterocycles. The number of urea groups is 1. The van der Waals surface area contributed by atoms with Crippen molar-refractivity contribution in [2.75, 3.05) is 33.4 Å². The Morgan fingerprint density at radius 3 is 2.72 bits per heavy atom. The zero-order chi connectivity index (χ0) is 22.7. The molecular weight excluding hydrogens is 413 g/mol. The molecule has 3 aliphatic rings. The quantitative estimate of drug-likeness (QED) is 0.657. The van der Waals surface area contributed by atoms with Crippen LogP contribution in [0.25, 0.3) is 0 Å². The monoisotopic (exact) mass is 443 g/mol. The number of piperidine rings is 1. The first kappa shape index (κ1) is 22.5. The van der Waals surface area contributed by atoms with Crippen molar-refractivity contribution < 1.29 is 23.5 Å². The topological polar surface area (TPSA) is 79.0 Å². The number of halogens is 1. The van der Waals surface area contributed by atoms with Crippen LogP contribution < -0.4 is 5.32 Å². The molecular formula is C24H30FN3O4. The molecule has 0 saturated carbocycles. The highest BCUT2D eigenvalue weighted by atomic mass is 19.1. The van der Waals surface area contributed by atoms with E-state index in [1.165, 1.54) is 24.1 Å². The molecule has 1 aliphatic carbocycles. The average molecular weight is 444 g/mol. The Kier molecular flexibility index (Phi) is 6.60. The van der Waals surface area contributed by atoms with Gasteiger partial charge in [-0.05, 0) is 55.7 Å². The van der Waals surface area contributed by atoms with Gasteiger partial charge >= 0.3 is 6.03 Å². The number of benzene rings is 1. The van der Waals surface area contributed by atoms with Gasteiger partial charge in [-0.3, -0.25) is 14.5 Å². The molecule has 7 nitrogen and oxygen atoms in total. The first-order chi connectivity index (χ1) is 15.4. The number of carbonyl (C=O) groups excluding carboxylic acids is 3. The summed E-state index contributed by atoms with van der Waals surface area (Å²) in [5.41, 5.74) is 0.385. The molecule has 1 aromatic rings. The van der Waals surface area contributed by atoms with E-state index in [0.717, 1.165) is 24.8 Å². The van der Waals surface area contributed by atoms with Crippen LogP contribution in [0.1, 0.15) is 37.7 Å². The van der Waals surface area contributed by atoms with Crippen LogP contribution in [-0.4, -0.2) is 66.5 Å². The second-order valence-electron chi connectivity index (χ2n) is 8.85. The maximum atomic E-state index is 13.9. The van der Waals surface area contributed by atoms with Gasteiger partial charge in [0, 0.05) is 32.2 Å². The fraction of sp³-hybridized carbons (Fsp3) is 0.542. The highest BCUT2D eigenvalue weighted by Crippen LogP contribution is 2.37. The number of carbonyl (C=O) groups is 3. The van der Waals surface area contributed by atoms with E-state index in [2.05, 4.69) is 5.32 Å². The second kappa shape index (κ2) is 9.40. The van der Waals surface area contributed by atoms with Crippen LogP contribution in [0.3, 0.4) is 0 Å². The number of amides is 4. The predicted molar refractivity (Wildman–Crippen MR) is 116 cm³/mol. The molecule has 4 rings (SSSR count). The van der Waals surface area contributed by atoms with Gasteiger partial charge in [-0.1, -0.05) is 18.2 Å². The molecule has 8 heteroatoms. The molecule has 2 fully saturated rings. The normalized spacial score (nSPS) is 24.1. The second-order valence-corrected chi connectivity index (χ2v) is 8.85. The number of nitrogens with zero attached hydrogens (tertiary/aromatic N) is 2. The summed E-state index contributed by atoms with van der Waals surface area (Å²) in [5.74, 6) is -0.747. The van der Waals surface area contributed by atoms with Crippen molar-refractivity contribution in [3.8, 4) is 0 Å².